The van der Waals surface area contributed by atoms with E-state index in [1.807, 2.05) is 66.9 Å². The molecule has 0 spiro atoms. The number of Topliss-reactive ketones (excluding diaryl/α,β-unsaturated/α-hetero) is 1. The van der Waals surface area contributed by atoms with Crippen LogP contribution in [0.15, 0.2) is 69.6 Å². The fourth-order valence-electron chi connectivity index (χ4n) is 2.72. The summed E-state index contributed by atoms with van der Waals surface area (Å²) >= 11 is 2.44. The molecule has 0 aliphatic carbocycles. The highest BCUT2D eigenvalue weighted by molar-refractivity contribution is 7.99. The zero-order chi connectivity index (χ0) is 20.9. The molecule has 0 saturated heterocycles. The molecule has 0 aliphatic heterocycles. The lowest BCUT2D eigenvalue weighted by Crippen LogP contribution is -2.13. The van der Waals surface area contributed by atoms with E-state index in [1.165, 1.54) is 11.3 Å². The maximum absolute atomic E-state index is 12.6. The second kappa shape index (κ2) is 9.03. The lowest BCUT2D eigenvalue weighted by molar-refractivity contribution is -0.116. The Morgan fingerprint density at radius 1 is 1.13 bits per heavy atom. The molecule has 6 nitrogen and oxygen atoms in total. The first kappa shape index (κ1) is 20.0. The topological polar surface area (TPSA) is 92.7 Å². The van der Waals surface area contributed by atoms with E-state index in [4.69, 9.17) is 4.42 Å². The van der Waals surface area contributed by atoms with Crippen LogP contribution in [0.4, 0.5) is 0 Å². The van der Waals surface area contributed by atoms with E-state index in [9.17, 15) is 10.1 Å². The summed E-state index contributed by atoms with van der Waals surface area (Å²) in [4.78, 5) is 17.1. The number of aromatic nitrogens is 3. The second-order valence-electron chi connectivity index (χ2n) is 6.49. The average Bonchev–Trinajstić information content (AvgIpc) is 3.44. The van der Waals surface area contributed by atoms with Crippen LogP contribution < -0.4 is 0 Å². The van der Waals surface area contributed by atoms with Gasteiger partial charge in [0, 0.05) is 16.5 Å². The summed E-state index contributed by atoms with van der Waals surface area (Å²) in [5.74, 6) is -0.714. The zero-order valence-corrected chi connectivity index (χ0v) is 17.6. The van der Waals surface area contributed by atoms with Crippen LogP contribution in [0.25, 0.3) is 22.7 Å². The smallest absolute Gasteiger partial charge is 0.277 e. The third-order valence-corrected chi connectivity index (χ3v) is 6.08. The van der Waals surface area contributed by atoms with Crippen molar-refractivity contribution < 1.29 is 9.21 Å². The molecule has 2 aromatic carbocycles. The van der Waals surface area contributed by atoms with Gasteiger partial charge in [-0.1, -0.05) is 59.8 Å². The summed E-state index contributed by atoms with van der Waals surface area (Å²) in [7, 11) is 0. The quantitative estimate of drug-likeness (QED) is 0.373. The first-order valence-corrected chi connectivity index (χ1v) is 11.0. The number of thiazole rings is 1. The molecular formula is C22H16N4O2S2. The van der Waals surface area contributed by atoms with Crippen molar-refractivity contribution in [2.75, 3.05) is 5.75 Å². The van der Waals surface area contributed by atoms with Crippen LogP contribution in [0.2, 0.25) is 0 Å². The zero-order valence-electron chi connectivity index (χ0n) is 16.0. The Kier molecular flexibility index (Phi) is 6.02. The maximum Gasteiger partial charge on any atom is 0.277 e. The number of carbonyl (C=O) groups excluding carboxylic acids is 1. The summed E-state index contributed by atoms with van der Waals surface area (Å²) < 4.78 is 5.63. The molecule has 148 valence electrons. The van der Waals surface area contributed by atoms with Crippen LogP contribution in [0, 0.1) is 18.3 Å². The summed E-state index contributed by atoms with van der Waals surface area (Å²) in [5.41, 5.74) is 3.67. The number of ketones is 1. The van der Waals surface area contributed by atoms with Crippen LogP contribution in [0.3, 0.4) is 0 Å². The van der Waals surface area contributed by atoms with Crippen molar-refractivity contribution in [3.05, 3.63) is 70.5 Å². The van der Waals surface area contributed by atoms with Crippen molar-refractivity contribution >= 4 is 28.9 Å². The molecule has 0 N–H and O–H groups in total. The Morgan fingerprint density at radius 3 is 2.63 bits per heavy atom. The van der Waals surface area contributed by atoms with Crippen molar-refractivity contribution in [1.29, 1.82) is 5.26 Å². The standard InChI is InChI=1S/C22H16N4O2S2/c1-14-7-9-16(10-8-14)20-25-26-22(28-20)30-13-19(27)17(11-23)21-24-18(12-29-21)15-5-3-2-4-6-15/h2-10,12,17H,13H2,1H3. The van der Waals surface area contributed by atoms with Crippen LogP contribution in [0.5, 0.6) is 0 Å². The van der Waals surface area contributed by atoms with Gasteiger partial charge in [-0.05, 0) is 19.1 Å². The Bertz CT molecular complexity index is 1190. The van der Waals surface area contributed by atoms with E-state index in [2.05, 4.69) is 21.3 Å². The van der Waals surface area contributed by atoms with E-state index in [-0.39, 0.29) is 11.5 Å². The van der Waals surface area contributed by atoms with Gasteiger partial charge in [-0.25, -0.2) is 4.98 Å². The molecule has 1 unspecified atom stereocenters. The predicted octanol–water partition coefficient (Wildman–Crippen LogP) is 5.14. The fraction of sp³-hybridized carbons (Fsp3) is 0.136. The van der Waals surface area contributed by atoms with Gasteiger partial charge in [0.1, 0.15) is 5.01 Å². The van der Waals surface area contributed by atoms with Crippen molar-refractivity contribution in [3.63, 3.8) is 0 Å². The van der Waals surface area contributed by atoms with Crippen LogP contribution >= 0.6 is 23.1 Å². The molecule has 1 atom stereocenters. The van der Waals surface area contributed by atoms with E-state index in [0.717, 1.165) is 34.1 Å². The molecule has 30 heavy (non-hydrogen) atoms. The lowest BCUT2D eigenvalue weighted by atomic mass is 10.1. The minimum Gasteiger partial charge on any atom is -0.411 e. The van der Waals surface area contributed by atoms with Crippen LogP contribution in [-0.2, 0) is 4.79 Å². The number of rotatable bonds is 7. The van der Waals surface area contributed by atoms with Gasteiger partial charge in [0.05, 0.1) is 17.5 Å². The van der Waals surface area contributed by atoms with Crippen molar-refractivity contribution in [2.45, 2.75) is 18.1 Å². The van der Waals surface area contributed by atoms with Gasteiger partial charge in [-0.3, -0.25) is 4.79 Å². The highest BCUT2D eigenvalue weighted by Gasteiger charge is 2.24. The van der Waals surface area contributed by atoms with E-state index < -0.39 is 5.92 Å². The maximum atomic E-state index is 12.6. The number of benzene rings is 2. The summed E-state index contributed by atoms with van der Waals surface area (Å²) in [5, 5.41) is 20.2. The number of thioether (sulfide) groups is 1. The average molecular weight is 433 g/mol. The Hall–Kier alpha value is -3.28. The normalized spacial score (nSPS) is 11.7. The van der Waals surface area contributed by atoms with E-state index >= 15 is 0 Å². The van der Waals surface area contributed by atoms with Gasteiger partial charge in [0.25, 0.3) is 5.22 Å². The first-order valence-electron chi connectivity index (χ1n) is 9.10. The minimum absolute atomic E-state index is 0.0496. The molecule has 0 saturated carbocycles. The number of carbonyl (C=O) groups is 1. The van der Waals surface area contributed by atoms with Gasteiger partial charge < -0.3 is 4.42 Å². The van der Waals surface area contributed by atoms with Gasteiger partial charge in [0.15, 0.2) is 11.7 Å². The van der Waals surface area contributed by atoms with Crippen molar-refractivity contribution in [3.8, 4) is 28.8 Å². The molecule has 0 bridgehead atoms. The third-order valence-electron chi connectivity index (χ3n) is 4.33. The molecular weight excluding hydrogens is 416 g/mol. The summed E-state index contributed by atoms with van der Waals surface area (Å²) in [6, 6.07) is 19.5. The minimum atomic E-state index is -0.917. The highest BCUT2D eigenvalue weighted by atomic mass is 32.2. The predicted molar refractivity (Wildman–Crippen MR) is 116 cm³/mol. The van der Waals surface area contributed by atoms with Gasteiger partial charge >= 0.3 is 0 Å². The molecule has 0 aliphatic rings. The summed E-state index contributed by atoms with van der Waals surface area (Å²) in [6.45, 7) is 2.00. The molecule has 2 aromatic heterocycles. The number of hydrogen-bond donors (Lipinski definition) is 0. The Morgan fingerprint density at radius 2 is 1.90 bits per heavy atom. The van der Waals surface area contributed by atoms with Gasteiger partial charge in [0.2, 0.25) is 5.89 Å². The van der Waals surface area contributed by atoms with Gasteiger partial charge in [-0.15, -0.1) is 21.5 Å². The molecule has 0 radical (unpaired) electrons. The molecule has 4 rings (SSSR count). The van der Waals surface area contributed by atoms with Crippen molar-refractivity contribution in [2.24, 2.45) is 0 Å². The lowest BCUT2D eigenvalue weighted by Gasteiger charge is -2.03. The van der Waals surface area contributed by atoms with E-state index in [0.29, 0.717) is 16.1 Å². The second-order valence-corrected chi connectivity index (χ2v) is 8.31. The molecule has 0 amide bonds. The Balaban J connectivity index is 1.41. The third kappa shape index (κ3) is 4.48. The van der Waals surface area contributed by atoms with E-state index in [1.54, 1.807) is 0 Å². The number of aryl methyl sites for hydroxylation is 1. The number of hydrogen-bond acceptors (Lipinski definition) is 8. The Labute approximate surface area is 181 Å². The van der Waals surface area contributed by atoms with Crippen molar-refractivity contribution in [1.82, 2.24) is 15.2 Å². The first-order chi connectivity index (χ1) is 14.6. The molecule has 8 heteroatoms. The largest absolute Gasteiger partial charge is 0.411 e. The molecule has 0 fully saturated rings. The highest BCUT2D eigenvalue weighted by Crippen LogP contribution is 2.29. The van der Waals surface area contributed by atoms with Crippen LogP contribution in [0.1, 0.15) is 16.5 Å². The van der Waals surface area contributed by atoms with Crippen LogP contribution in [-0.4, -0.2) is 26.7 Å². The SMILES string of the molecule is Cc1ccc(-c2nnc(SCC(=O)C(C#N)c3nc(-c4ccccc4)cs3)o2)cc1. The molecule has 2 heterocycles. The summed E-state index contributed by atoms with van der Waals surface area (Å²) in [6.07, 6.45) is 0. The molecule has 4 aromatic rings. The van der Waals surface area contributed by atoms with Gasteiger partial charge in [-0.2, -0.15) is 5.26 Å². The monoisotopic (exact) mass is 432 g/mol. The fourth-order valence-corrected chi connectivity index (χ4v) is 4.29. The number of nitriles is 1. The number of nitrogens with zero attached hydrogens (tertiary/aromatic N) is 4.